The standard InChI is InChI=1S/C14H22ClN3/c15-14-3-1-2-13(12-14)4-6-17-8-10-18(7-5-16)11-9-17/h1-3,12H,4-11,16H2. The zero-order chi connectivity index (χ0) is 12.8. The lowest BCUT2D eigenvalue weighted by molar-refractivity contribution is 0.136. The van der Waals surface area contributed by atoms with Crippen molar-refractivity contribution >= 4 is 11.6 Å². The van der Waals surface area contributed by atoms with E-state index in [1.807, 2.05) is 12.1 Å². The first-order valence-corrected chi connectivity index (χ1v) is 7.05. The van der Waals surface area contributed by atoms with E-state index in [1.54, 1.807) is 0 Å². The summed E-state index contributed by atoms with van der Waals surface area (Å²) >= 11 is 5.99. The van der Waals surface area contributed by atoms with Crippen molar-refractivity contribution in [2.75, 3.05) is 45.8 Å². The van der Waals surface area contributed by atoms with Crippen LogP contribution >= 0.6 is 11.6 Å². The van der Waals surface area contributed by atoms with Crippen molar-refractivity contribution in [2.24, 2.45) is 5.73 Å². The van der Waals surface area contributed by atoms with Crippen LogP contribution in [0.25, 0.3) is 0 Å². The second-order valence-corrected chi connectivity index (χ2v) is 5.29. The third-order valence-electron chi connectivity index (χ3n) is 3.52. The highest BCUT2D eigenvalue weighted by molar-refractivity contribution is 6.30. The van der Waals surface area contributed by atoms with Gasteiger partial charge in [-0.15, -0.1) is 0 Å². The highest BCUT2D eigenvalue weighted by Crippen LogP contribution is 2.12. The number of nitrogens with two attached hydrogens (primary N) is 1. The van der Waals surface area contributed by atoms with Crippen molar-refractivity contribution < 1.29 is 0 Å². The second kappa shape index (κ2) is 7.10. The smallest absolute Gasteiger partial charge is 0.0408 e. The molecule has 1 aromatic carbocycles. The minimum Gasteiger partial charge on any atom is -0.329 e. The van der Waals surface area contributed by atoms with Gasteiger partial charge >= 0.3 is 0 Å². The minimum atomic E-state index is 0.766. The van der Waals surface area contributed by atoms with Gasteiger partial charge in [-0.25, -0.2) is 0 Å². The monoisotopic (exact) mass is 267 g/mol. The van der Waals surface area contributed by atoms with Crippen molar-refractivity contribution in [1.82, 2.24) is 9.80 Å². The zero-order valence-electron chi connectivity index (χ0n) is 10.8. The summed E-state index contributed by atoms with van der Waals surface area (Å²) in [6.07, 6.45) is 1.08. The maximum absolute atomic E-state index is 5.99. The van der Waals surface area contributed by atoms with Crippen LogP contribution in [0.2, 0.25) is 5.02 Å². The molecule has 0 aliphatic carbocycles. The summed E-state index contributed by atoms with van der Waals surface area (Å²) in [7, 11) is 0. The van der Waals surface area contributed by atoms with Gasteiger partial charge in [0.1, 0.15) is 0 Å². The van der Waals surface area contributed by atoms with Crippen molar-refractivity contribution in [3.05, 3.63) is 34.9 Å². The number of rotatable bonds is 5. The van der Waals surface area contributed by atoms with E-state index < -0.39 is 0 Å². The van der Waals surface area contributed by atoms with Gasteiger partial charge in [-0.1, -0.05) is 23.7 Å². The molecule has 0 unspecified atom stereocenters. The van der Waals surface area contributed by atoms with Gasteiger partial charge in [0, 0.05) is 50.8 Å². The Bertz CT molecular complexity index is 362. The number of nitrogens with zero attached hydrogens (tertiary/aromatic N) is 2. The molecular formula is C14H22ClN3. The first-order chi connectivity index (χ1) is 8.78. The van der Waals surface area contributed by atoms with Gasteiger partial charge in [-0.2, -0.15) is 0 Å². The molecule has 100 valence electrons. The van der Waals surface area contributed by atoms with Crippen LogP contribution in [0.4, 0.5) is 0 Å². The Morgan fingerprint density at radius 1 is 1.06 bits per heavy atom. The number of benzene rings is 1. The molecule has 18 heavy (non-hydrogen) atoms. The van der Waals surface area contributed by atoms with Crippen molar-refractivity contribution in [1.29, 1.82) is 0 Å². The molecule has 0 amide bonds. The Morgan fingerprint density at radius 3 is 2.33 bits per heavy atom. The van der Waals surface area contributed by atoms with Gasteiger partial charge in [-0.3, -0.25) is 4.90 Å². The van der Waals surface area contributed by atoms with Crippen molar-refractivity contribution in [3.8, 4) is 0 Å². The average Bonchev–Trinajstić information content (AvgIpc) is 2.38. The summed E-state index contributed by atoms with van der Waals surface area (Å²) in [5, 5.41) is 0.834. The maximum Gasteiger partial charge on any atom is 0.0408 e. The topological polar surface area (TPSA) is 32.5 Å². The van der Waals surface area contributed by atoms with Gasteiger partial charge in [0.05, 0.1) is 0 Å². The third kappa shape index (κ3) is 4.25. The Balaban J connectivity index is 1.72. The summed E-state index contributed by atoms with van der Waals surface area (Å²) in [5.74, 6) is 0. The average molecular weight is 268 g/mol. The van der Waals surface area contributed by atoms with Gasteiger partial charge in [0.2, 0.25) is 0 Å². The Morgan fingerprint density at radius 2 is 1.72 bits per heavy atom. The second-order valence-electron chi connectivity index (χ2n) is 4.85. The molecule has 1 fully saturated rings. The summed E-state index contributed by atoms with van der Waals surface area (Å²) in [5.41, 5.74) is 6.90. The predicted molar refractivity (Wildman–Crippen MR) is 77.1 cm³/mol. The Kier molecular flexibility index (Phi) is 5.45. The lowest BCUT2D eigenvalue weighted by atomic mass is 10.1. The molecule has 1 aromatic rings. The molecule has 1 aliphatic heterocycles. The van der Waals surface area contributed by atoms with Crippen LogP contribution in [0, 0.1) is 0 Å². The molecule has 2 N–H and O–H groups in total. The molecular weight excluding hydrogens is 246 g/mol. The number of hydrogen-bond donors (Lipinski definition) is 1. The highest BCUT2D eigenvalue weighted by atomic mass is 35.5. The fraction of sp³-hybridized carbons (Fsp3) is 0.571. The summed E-state index contributed by atoms with van der Waals surface area (Å²) in [6, 6.07) is 8.16. The van der Waals surface area contributed by atoms with E-state index in [9.17, 15) is 0 Å². The molecule has 0 atom stereocenters. The van der Waals surface area contributed by atoms with Crippen LogP contribution in [0.15, 0.2) is 24.3 Å². The van der Waals surface area contributed by atoms with Crippen LogP contribution in [-0.4, -0.2) is 55.6 Å². The minimum absolute atomic E-state index is 0.766. The molecule has 1 heterocycles. The van der Waals surface area contributed by atoms with Crippen LogP contribution in [0.1, 0.15) is 5.56 Å². The molecule has 0 saturated carbocycles. The van der Waals surface area contributed by atoms with Crippen molar-refractivity contribution in [3.63, 3.8) is 0 Å². The van der Waals surface area contributed by atoms with E-state index in [0.717, 1.165) is 57.3 Å². The quantitative estimate of drug-likeness (QED) is 0.877. The van der Waals surface area contributed by atoms with Gasteiger partial charge in [0.25, 0.3) is 0 Å². The molecule has 3 nitrogen and oxygen atoms in total. The van der Waals surface area contributed by atoms with Gasteiger partial charge in [-0.05, 0) is 24.1 Å². The van der Waals surface area contributed by atoms with E-state index in [0.29, 0.717) is 0 Å². The van der Waals surface area contributed by atoms with E-state index in [4.69, 9.17) is 17.3 Å². The third-order valence-corrected chi connectivity index (χ3v) is 3.75. The fourth-order valence-corrected chi connectivity index (χ4v) is 2.61. The molecule has 1 saturated heterocycles. The molecule has 4 heteroatoms. The van der Waals surface area contributed by atoms with Crippen LogP contribution in [0.5, 0.6) is 0 Å². The van der Waals surface area contributed by atoms with E-state index in [-0.39, 0.29) is 0 Å². The van der Waals surface area contributed by atoms with Gasteiger partial charge < -0.3 is 10.6 Å². The molecule has 0 aromatic heterocycles. The fourth-order valence-electron chi connectivity index (χ4n) is 2.40. The normalized spacial score (nSPS) is 18.1. The highest BCUT2D eigenvalue weighted by Gasteiger charge is 2.15. The Labute approximate surface area is 115 Å². The lowest BCUT2D eigenvalue weighted by Gasteiger charge is -2.34. The van der Waals surface area contributed by atoms with E-state index in [1.165, 1.54) is 5.56 Å². The van der Waals surface area contributed by atoms with Crippen molar-refractivity contribution in [2.45, 2.75) is 6.42 Å². The molecule has 2 rings (SSSR count). The SMILES string of the molecule is NCCN1CCN(CCc2cccc(Cl)c2)CC1. The number of hydrogen-bond acceptors (Lipinski definition) is 3. The first-order valence-electron chi connectivity index (χ1n) is 6.67. The molecule has 0 radical (unpaired) electrons. The zero-order valence-corrected chi connectivity index (χ0v) is 11.6. The van der Waals surface area contributed by atoms with Crippen LogP contribution < -0.4 is 5.73 Å². The molecule has 0 spiro atoms. The summed E-state index contributed by atoms with van der Waals surface area (Å²) < 4.78 is 0. The molecule has 0 bridgehead atoms. The summed E-state index contributed by atoms with van der Waals surface area (Å²) in [6.45, 7) is 7.52. The number of halogens is 1. The van der Waals surface area contributed by atoms with Crippen LogP contribution in [0.3, 0.4) is 0 Å². The predicted octanol–water partition coefficient (Wildman–Crippen LogP) is 1.46. The van der Waals surface area contributed by atoms with Gasteiger partial charge in [0.15, 0.2) is 0 Å². The van der Waals surface area contributed by atoms with E-state index >= 15 is 0 Å². The summed E-state index contributed by atoms with van der Waals surface area (Å²) in [4.78, 5) is 4.96. The lowest BCUT2D eigenvalue weighted by Crippen LogP contribution is -2.48. The van der Waals surface area contributed by atoms with Crippen LogP contribution in [-0.2, 0) is 6.42 Å². The van der Waals surface area contributed by atoms with E-state index in [2.05, 4.69) is 21.9 Å². The largest absolute Gasteiger partial charge is 0.329 e. The Hall–Kier alpha value is -0.610. The first kappa shape index (κ1) is 13.8. The number of piperazine rings is 1. The maximum atomic E-state index is 5.99. The molecule has 1 aliphatic rings.